The lowest BCUT2D eigenvalue weighted by molar-refractivity contribution is -0.0498. The number of anilines is 2. The van der Waals surface area contributed by atoms with Crippen LogP contribution in [0.4, 0.5) is 20.3 Å². The van der Waals surface area contributed by atoms with Crippen LogP contribution in [0.5, 0.6) is 5.75 Å². The molecule has 0 atom stereocenters. The molecule has 0 aliphatic heterocycles. The third kappa shape index (κ3) is 5.61. The van der Waals surface area contributed by atoms with Crippen LogP contribution in [0, 0.1) is 11.8 Å². The largest absolute Gasteiger partial charge is 0.435 e. The average Bonchev–Trinajstić information content (AvgIpc) is 2.78. The number of rotatable bonds is 5. The standard InChI is InChI=1S/C24H17F2N3O3S/c1-33(30,31)20-9-5-18(6-10-20)29-23-14-21-17(15-28-23)12-13-27-22(21)11-4-16-2-7-19(8-3-16)32-24(25)26/h2-3,5-10,12-15,24H,1H3,(H,28,29). The van der Waals surface area contributed by atoms with Crippen molar-refractivity contribution in [1.29, 1.82) is 0 Å². The summed E-state index contributed by atoms with van der Waals surface area (Å²) in [5, 5.41) is 4.75. The molecule has 0 bridgehead atoms. The van der Waals surface area contributed by atoms with E-state index in [1.807, 2.05) is 6.07 Å². The molecule has 0 aliphatic rings. The van der Waals surface area contributed by atoms with Crippen LogP contribution in [0.15, 0.2) is 78.0 Å². The summed E-state index contributed by atoms with van der Waals surface area (Å²) in [7, 11) is -3.27. The summed E-state index contributed by atoms with van der Waals surface area (Å²) in [6, 6.07) is 16.0. The van der Waals surface area contributed by atoms with Gasteiger partial charge in [-0.15, -0.1) is 0 Å². The fourth-order valence-electron chi connectivity index (χ4n) is 3.02. The van der Waals surface area contributed by atoms with Gasteiger partial charge in [-0.25, -0.2) is 18.4 Å². The molecule has 0 spiro atoms. The van der Waals surface area contributed by atoms with Gasteiger partial charge in [-0.1, -0.05) is 5.92 Å². The number of alkyl halides is 2. The van der Waals surface area contributed by atoms with Crippen LogP contribution < -0.4 is 10.1 Å². The minimum atomic E-state index is -3.27. The number of hydrogen-bond donors (Lipinski definition) is 1. The number of benzene rings is 2. The summed E-state index contributed by atoms with van der Waals surface area (Å²) in [5.74, 6) is 6.58. The van der Waals surface area contributed by atoms with E-state index in [2.05, 4.69) is 31.9 Å². The first-order chi connectivity index (χ1) is 15.8. The van der Waals surface area contributed by atoms with Crippen molar-refractivity contribution < 1.29 is 21.9 Å². The van der Waals surface area contributed by atoms with E-state index in [0.29, 0.717) is 22.8 Å². The van der Waals surface area contributed by atoms with Gasteiger partial charge in [0, 0.05) is 40.7 Å². The van der Waals surface area contributed by atoms with Crippen LogP contribution in [-0.4, -0.2) is 31.3 Å². The zero-order valence-electron chi connectivity index (χ0n) is 17.3. The molecular formula is C24H17F2N3O3S. The summed E-state index contributed by atoms with van der Waals surface area (Å²) in [4.78, 5) is 8.96. The first-order valence-corrected chi connectivity index (χ1v) is 11.6. The topological polar surface area (TPSA) is 81.2 Å². The van der Waals surface area contributed by atoms with Gasteiger partial charge in [-0.3, -0.25) is 0 Å². The molecule has 6 nitrogen and oxygen atoms in total. The minimum absolute atomic E-state index is 0.0604. The van der Waals surface area contributed by atoms with E-state index in [1.165, 1.54) is 24.3 Å². The highest BCUT2D eigenvalue weighted by molar-refractivity contribution is 7.90. The molecule has 2 heterocycles. The minimum Gasteiger partial charge on any atom is -0.435 e. The van der Waals surface area contributed by atoms with Crippen LogP contribution in [0.3, 0.4) is 0 Å². The summed E-state index contributed by atoms with van der Waals surface area (Å²) >= 11 is 0. The number of pyridine rings is 2. The van der Waals surface area contributed by atoms with Gasteiger partial charge < -0.3 is 10.1 Å². The summed E-state index contributed by atoms with van der Waals surface area (Å²) < 4.78 is 52.1. The average molecular weight is 465 g/mol. The Morgan fingerprint density at radius 1 is 0.970 bits per heavy atom. The number of fused-ring (bicyclic) bond motifs is 1. The van der Waals surface area contributed by atoms with Crippen LogP contribution in [0.1, 0.15) is 11.3 Å². The van der Waals surface area contributed by atoms with E-state index >= 15 is 0 Å². The molecule has 9 heteroatoms. The number of nitrogens with one attached hydrogen (secondary N) is 1. The van der Waals surface area contributed by atoms with Crippen molar-refractivity contribution in [2.75, 3.05) is 11.6 Å². The van der Waals surface area contributed by atoms with Gasteiger partial charge in [-0.2, -0.15) is 8.78 Å². The number of sulfone groups is 1. The Bertz CT molecular complexity index is 1460. The smallest absolute Gasteiger partial charge is 0.387 e. The van der Waals surface area contributed by atoms with Crippen molar-refractivity contribution >= 4 is 32.1 Å². The monoisotopic (exact) mass is 465 g/mol. The van der Waals surface area contributed by atoms with Gasteiger partial charge in [0.05, 0.1) is 4.90 Å². The van der Waals surface area contributed by atoms with Gasteiger partial charge in [-0.05, 0) is 66.6 Å². The second-order valence-electron chi connectivity index (χ2n) is 7.02. The number of aromatic nitrogens is 2. The zero-order chi connectivity index (χ0) is 23.4. The second kappa shape index (κ2) is 9.22. The highest BCUT2D eigenvalue weighted by atomic mass is 32.2. The van der Waals surface area contributed by atoms with Gasteiger partial charge in [0.1, 0.15) is 17.3 Å². The Kier molecular flexibility index (Phi) is 6.20. The SMILES string of the molecule is CS(=O)(=O)c1ccc(Nc2cc3c(C#Cc4ccc(OC(F)F)cc4)nccc3cn2)cc1. The second-order valence-corrected chi connectivity index (χ2v) is 9.04. The van der Waals surface area contributed by atoms with Crippen molar-refractivity contribution in [3.8, 4) is 17.6 Å². The van der Waals surface area contributed by atoms with Crippen molar-refractivity contribution in [1.82, 2.24) is 9.97 Å². The molecule has 0 saturated heterocycles. The van der Waals surface area contributed by atoms with Crippen molar-refractivity contribution in [3.05, 3.63) is 84.3 Å². The van der Waals surface area contributed by atoms with Crippen molar-refractivity contribution in [2.45, 2.75) is 11.5 Å². The molecule has 166 valence electrons. The van der Waals surface area contributed by atoms with E-state index < -0.39 is 16.4 Å². The Balaban J connectivity index is 1.59. The maximum atomic E-state index is 12.3. The quantitative estimate of drug-likeness (QED) is 0.428. The number of ether oxygens (including phenoxy) is 1. The molecular weight excluding hydrogens is 448 g/mol. The van der Waals surface area contributed by atoms with Crippen LogP contribution in [-0.2, 0) is 9.84 Å². The lowest BCUT2D eigenvalue weighted by Crippen LogP contribution is -2.01. The fourth-order valence-corrected chi connectivity index (χ4v) is 3.65. The number of nitrogens with zero attached hydrogens (tertiary/aromatic N) is 2. The Morgan fingerprint density at radius 3 is 2.36 bits per heavy atom. The van der Waals surface area contributed by atoms with E-state index in [1.54, 1.807) is 42.7 Å². The summed E-state index contributed by atoms with van der Waals surface area (Å²) in [5.41, 5.74) is 1.82. The van der Waals surface area contributed by atoms with Gasteiger partial charge >= 0.3 is 6.61 Å². The molecule has 0 radical (unpaired) electrons. The molecule has 2 aromatic carbocycles. The van der Waals surface area contributed by atoms with Gasteiger partial charge in [0.25, 0.3) is 0 Å². The first-order valence-electron chi connectivity index (χ1n) is 9.67. The number of hydrogen-bond acceptors (Lipinski definition) is 6. The lowest BCUT2D eigenvalue weighted by Gasteiger charge is -2.08. The van der Waals surface area contributed by atoms with Gasteiger partial charge in [0.2, 0.25) is 0 Å². The van der Waals surface area contributed by atoms with E-state index in [9.17, 15) is 17.2 Å². The Morgan fingerprint density at radius 2 is 1.70 bits per heavy atom. The maximum Gasteiger partial charge on any atom is 0.387 e. The molecule has 4 rings (SSSR count). The van der Waals surface area contributed by atoms with Gasteiger partial charge in [0.15, 0.2) is 9.84 Å². The fraction of sp³-hybridized carbons (Fsp3) is 0.0833. The molecule has 33 heavy (non-hydrogen) atoms. The molecule has 0 unspecified atom stereocenters. The predicted octanol–water partition coefficient (Wildman–Crippen LogP) is 4.78. The Hall–Kier alpha value is -4.03. The molecule has 2 aromatic heterocycles. The summed E-state index contributed by atoms with van der Waals surface area (Å²) in [6.45, 7) is -2.88. The van der Waals surface area contributed by atoms with Crippen molar-refractivity contribution in [3.63, 3.8) is 0 Å². The van der Waals surface area contributed by atoms with Crippen LogP contribution in [0.25, 0.3) is 10.8 Å². The van der Waals surface area contributed by atoms with E-state index in [0.717, 1.165) is 17.0 Å². The highest BCUT2D eigenvalue weighted by Crippen LogP contribution is 2.23. The normalized spacial score (nSPS) is 11.2. The Labute approximate surface area is 189 Å². The third-order valence-electron chi connectivity index (χ3n) is 4.61. The molecule has 0 fully saturated rings. The highest BCUT2D eigenvalue weighted by Gasteiger charge is 2.08. The van der Waals surface area contributed by atoms with Crippen molar-refractivity contribution in [2.24, 2.45) is 0 Å². The third-order valence-corrected chi connectivity index (χ3v) is 5.74. The molecule has 0 saturated carbocycles. The zero-order valence-corrected chi connectivity index (χ0v) is 18.1. The lowest BCUT2D eigenvalue weighted by atomic mass is 10.1. The molecule has 1 N–H and O–H groups in total. The molecule has 4 aromatic rings. The maximum absolute atomic E-state index is 12.3. The first kappa shape index (κ1) is 22.2. The van der Waals surface area contributed by atoms with Crippen LogP contribution >= 0.6 is 0 Å². The molecule has 0 aliphatic carbocycles. The van der Waals surface area contributed by atoms with Crippen LogP contribution in [0.2, 0.25) is 0 Å². The van der Waals surface area contributed by atoms with E-state index in [-0.39, 0.29) is 10.6 Å². The summed E-state index contributed by atoms with van der Waals surface area (Å²) in [6.07, 6.45) is 4.47. The van der Waals surface area contributed by atoms with E-state index in [4.69, 9.17) is 0 Å². The number of halogens is 2. The predicted molar refractivity (Wildman–Crippen MR) is 121 cm³/mol. The molecule has 0 amide bonds.